The summed E-state index contributed by atoms with van der Waals surface area (Å²) in [4.78, 5) is 4.56. The standard InChI is InChI=1S/C19H20Cl3N3S/c20-15-6-4-14(5-7-15)12-23-19(26)25-10-8-24(9-11-25)13-16-17(21)2-1-3-18(16)22/h1-7H,8-13H2,(H,23,26). The van der Waals surface area contributed by atoms with Crippen molar-refractivity contribution in [2.45, 2.75) is 13.1 Å². The minimum absolute atomic E-state index is 0.700. The van der Waals surface area contributed by atoms with E-state index < -0.39 is 0 Å². The molecule has 2 aromatic carbocycles. The minimum Gasteiger partial charge on any atom is -0.358 e. The maximum absolute atomic E-state index is 6.28. The highest BCUT2D eigenvalue weighted by Gasteiger charge is 2.20. The maximum atomic E-state index is 6.28. The lowest BCUT2D eigenvalue weighted by Crippen LogP contribution is -2.51. The summed E-state index contributed by atoms with van der Waals surface area (Å²) in [5.41, 5.74) is 2.15. The van der Waals surface area contributed by atoms with Gasteiger partial charge in [-0.25, -0.2) is 0 Å². The van der Waals surface area contributed by atoms with Crippen molar-refractivity contribution in [1.82, 2.24) is 15.1 Å². The van der Waals surface area contributed by atoms with Crippen LogP contribution in [0.5, 0.6) is 0 Å². The van der Waals surface area contributed by atoms with E-state index in [0.717, 1.165) is 64.0 Å². The predicted octanol–water partition coefficient (Wildman–Crippen LogP) is 4.84. The number of rotatable bonds is 4. The maximum Gasteiger partial charge on any atom is 0.169 e. The molecule has 1 saturated heterocycles. The van der Waals surface area contributed by atoms with Crippen molar-refractivity contribution < 1.29 is 0 Å². The van der Waals surface area contributed by atoms with Gasteiger partial charge in [-0.3, -0.25) is 4.90 Å². The number of piperazine rings is 1. The van der Waals surface area contributed by atoms with Gasteiger partial charge in [-0.2, -0.15) is 0 Å². The molecule has 1 aliphatic rings. The summed E-state index contributed by atoms with van der Waals surface area (Å²) < 4.78 is 0. The monoisotopic (exact) mass is 427 g/mol. The molecule has 26 heavy (non-hydrogen) atoms. The van der Waals surface area contributed by atoms with Gasteiger partial charge in [0.2, 0.25) is 0 Å². The zero-order valence-electron chi connectivity index (χ0n) is 14.2. The lowest BCUT2D eigenvalue weighted by molar-refractivity contribution is 0.174. The van der Waals surface area contributed by atoms with E-state index in [-0.39, 0.29) is 0 Å². The van der Waals surface area contributed by atoms with Crippen LogP contribution in [-0.2, 0) is 13.1 Å². The average Bonchev–Trinajstić information content (AvgIpc) is 2.65. The first-order valence-electron chi connectivity index (χ1n) is 8.45. The molecule has 0 bridgehead atoms. The van der Waals surface area contributed by atoms with Gasteiger partial charge in [-0.1, -0.05) is 53.0 Å². The molecule has 0 aromatic heterocycles. The number of nitrogens with zero attached hydrogens (tertiary/aromatic N) is 2. The third-order valence-electron chi connectivity index (χ3n) is 4.46. The molecular weight excluding hydrogens is 409 g/mol. The SMILES string of the molecule is S=C(NCc1ccc(Cl)cc1)N1CCN(Cc2c(Cl)cccc2Cl)CC1. The van der Waals surface area contributed by atoms with E-state index in [1.165, 1.54) is 0 Å². The molecule has 1 aliphatic heterocycles. The molecule has 0 radical (unpaired) electrons. The Balaban J connectivity index is 1.47. The fourth-order valence-corrected chi connectivity index (χ4v) is 3.81. The van der Waals surface area contributed by atoms with Crippen LogP contribution in [0.3, 0.4) is 0 Å². The smallest absolute Gasteiger partial charge is 0.169 e. The highest BCUT2D eigenvalue weighted by atomic mass is 35.5. The van der Waals surface area contributed by atoms with Gasteiger partial charge in [-0.05, 0) is 42.0 Å². The number of thiocarbonyl (C=S) groups is 1. The lowest BCUT2D eigenvalue weighted by atomic mass is 10.2. The number of benzene rings is 2. The molecule has 1 N–H and O–H groups in total. The topological polar surface area (TPSA) is 18.5 Å². The van der Waals surface area contributed by atoms with E-state index in [4.69, 9.17) is 47.0 Å². The first-order valence-corrected chi connectivity index (χ1v) is 9.99. The first kappa shape index (κ1) is 19.7. The molecule has 0 aliphatic carbocycles. The molecule has 0 unspecified atom stereocenters. The molecule has 1 fully saturated rings. The van der Waals surface area contributed by atoms with Crippen LogP contribution in [0.25, 0.3) is 0 Å². The highest BCUT2D eigenvalue weighted by molar-refractivity contribution is 7.80. The second-order valence-corrected chi connectivity index (χ2v) is 7.89. The van der Waals surface area contributed by atoms with E-state index in [1.807, 2.05) is 42.5 Å². The molecule has 0 amide bonds. The van der Waals surface area contributed by atoms with Gasteiger partial charge in [0, 0.05) is 59.9 Å². The van der Waals surface area contributed by atoms with E-state index in [0.29, 0.717) is 6.54 Å². The lowest BCUT2D eigenvalue weighted by Gasteiger charge is -2.36. The van der Waals surface area contributed by atoms with E-state index in [1.54, 1.807) is 0 Å². The van der Waals surface area contributed by atoms with Crippen molar-refractivity contribution in [3.63, 3.8) is 0 Å². The summed E-state index contributed by atoms with van der Waals surface area (Å²) in [5, 5.41) is 6.30. The van der Waals surface area contributed by atoms with Gasteiger partial charge in [0.05, 0.1) is 0 Å². The van der Waals surface area contributed by atoms with Crippen LogP contribution in [0.4, 0.5) is 0 Å². The zero-order valence-corrected chi connectivity index (χ0v) is 17.3. The summed E-state index contributed by atoms with van der Waals surface area (Å²) in [6.07, 6.45) is 0. The Bertz CT molecular complexity index is 739. The van der Waals surface area contributed by atoms with Crippen LogP contribution in [-0.4, -0.2) is 41.1 Å². The molecule has 2 aromatic rings. The van der Waals surface area contributed by atoms with E-state index in [9.17, 15) is 0 Å². The zero-order chi connectivity index (χ0) is 18.5. The molecule has 138 valence electrons. The Kier molecular flexibility index (Phi) is 7.01. The number of halogens is 3. The Morgan fingerprint density at radius 2 is 1.54 bits per heavy atom. The van der Waals surface area contributed by atoms with Gasteiger partial charge >= 0.3 is 0 Å². The van der Waals surface area contributed by atoms with Gasteiger partial charge in [0.15, 0.2) is 5.11 Å². The summed E-state index contributed by atoms with van der Waals surface area (Å²) in [5.74, 6) is 0. The fraction of sp³-hybridized carbons (Fsp3) is 0.316. The van der Waals surface area contributed by atoms with Crippen LogP contribution >= 0.6 is 47.0 Å². The van der Waals surface area contributed by atoms with Gasteiger partial charge in [0.1, 0.15) is 0 Å². The second kappa shape index (κ2) is 9.25. The largest absolute Gasteiger partial charge is 0.358 e. The molecule has 3 rings (SSSR count). The van der Waals surface area contributed by atoms with Crippen molar-refractivity contribution in [3.8, 4) is 0 Å². The normalized spacial score (nSPS) is 15.1. The van der Waals surface area contributed by atoms with Crippen LogP contribution in [0, 0.1) is 0 Å². The van der Waals surface area contributed by atoms with E-state index >= 15 is 0 Å². The molecule has 3 nitrogen and oxygen atoms in total. The highest BCUT2D eigenvalue weighted by Crippen LogP contribution is 2.26. The summed E-state index contributed by atoms with van der Waals surface area (Å²) in [6, 6.07) is 13.4. The van der Waals surface area contributed by atoms with Crippen LogP contribution in [0.15, 0.2) is 42.5 Å². The quantitative estimate of drug-likeness (QED) is 0.702. The predicted molar refractivity (Wildman–Crippen MR) is 114 cm³/mol. The fourth-order valence-electron chi connectivity index (χ4n) is 2.91. The third-order valence-corrected chi connectivity index (χ3v) is 5.82. The first-order chi connectivity index (χ1) is 12.5. The summed E-state index contributed by atoms with van der Waals surface area (Å²) in [7, 11) is 0. The molecule has 0 atom stereocenters. The Hall–Kier alpha value is -1.04. The Labute approximate surface area is 174 Å². The van der Waals surface area contributed by atoms with Crippen molar-refractivity contribution in [3.05, 3.63) is 68.7 Å². The van der Waals surface area contributed by atoms with Gasteiger partial charge < -0.3 is 10.2 Å². The molecule has 0 saturated carbocycles. The van der Waals surface area contributed by atoms with Crippen molar-refractivity contribution in [1.29, 1.82) is 0 Å². The molecule has 7 heteroatoms. The second-order valence-electron chi connectivity index (χ2n) is 6.25. The number of hydrogen-bond donors (Lipinski definition) is 1. The Morgan fingerprint density at radius 3 is 2.15 bits per heavy atom. The van der Waals surface area contributed by atoms with Crippen LogP contribution in [0.2, 0.25) is 15.1 Å². The number of hydrogen-bond acceptors (Lipinski definition) is 2. The van der Waals surface area contributed by atoms with Crippen LogP contribution in [0.1, 0.15) is 11.1 Å². The van der Waals surface area contributed by atoms with Crippen molar-refractivity contribution in [2.75, 3.05) is 26.2 Å². The van der Waals surface area contributed by atoms with Gasteiger partial charge in [-0.15, -0.1) is 0 Å². The minimum atomic E-state index is 0.700. The Morgan fingerprint density at radius 1 is 0.923 bits per heavy atom. The van der Waals surface area contributed by atoms with Gasteiger partial charge in [0.25, 0.3) is 0 Å². The van der Waals surface area contributed by atoms with Crippen molar-refractivity contribution >= 4 is 52.1 Å². The van der Waals surface area contributed by atoms with Crippen LogP contribution < -0.4 is 5.32 Å². The van der Waals surface area contributed by atoms with E-state index in [2.05, 4.69) is 15.1 Å². The molecule has 1 heterocycles. The third kappa shape index (κ3) is 5.24. The van der Waals surface area contributed by atoms with Crippen molar-refractivity contribution in [2.24, 2.45) is 0 Å². The molecule has 0 spiro atoms. The summed E-state index contributed by atoms with van der Waals surface area (Å²) in [6.45, 7) is 5.07. The molecular formula is C19H20Cl3N3S. The summed E-state index contributed by atoms with van der Waals surface area (Å²) >= 11 is 24.0. The number of nitrogens with one attached hydrogen (secondary N) is 1. The average molecular weight is 429 g/mol.